The SMILES string of the molecule is CCC(C)C(=O)OCC(=O)OC1(C(CC)CC)C2CC3CC1CC(C)(C3)C2. The number of hydrogen-bond donors (Lipinski definition) is 0. The first-order chi connectivity index (χ1) is 12.8. The zero-order chi connectivity index (χ0) is 19.8. The maximum Gasteiger partial charge on any atom is 0.344 e. The molecule has 4 aliphatic rings. The van der Waals surface area contributed by atoms with Gasteiger partial charge >= 0.3 is 11.9 Å². The molecule has 0 aromatic carbocycles. The molecule has 0 aromatic rings. The van der Waals surface area contributed by atoms with Crippen LogP contribution >= 0.6 is 0 Å². The Morgan fingerprint density at radius 3 is 2.07 bits per heavy atom. The molecular formula is C23H38O4. The molecule has 4 heteroatoms. The maximum atomic E-state index is 12.8. The van der Waals surface area contributed by atoms with Gasteiger partial charge in [0.25, 0.3) is 0 Å². The number of esters is 2. The number of ether oxygens (including phenoxy) is 2. The molecule has 0 N–H and O–H groups in total. The normalized spacial score (nSPS) is 38.1. The number of rotatable bonds is 8. The summed E-state index contributed by atoms with van der Waals surface area (Å²) >= 11 is 0. The fourth-order valence-electron chi connectivity index (χ4n) is 6.90. The summed E-state index contributed by atoms with van der Waals surface area (Å²) in [5.74, 6) is 1.30. The van der Waals surface area contributed by atoms with E-state index in [1.807, 2.05) is 13.8 Å². The molecule has 3 atom stereocenters. The molecule has 4 nitrogen and oxygen atoms in total. The lowest BCUT2D eigenvalue weighted by Gasteiger charge is -2.65. The summed E-state index contributed by atoms with van der Waals surface area (Å²) in [4.78, 5) is 24.7. The molecule has 3 unspecified atom stereocenters. The predicted octanol–water partition coefficient (Wildman–Crippen LogP) is 5.14. The van der Waals surface area contributed by atoms with Crippen molar-refractivity contribution in [2.75, 3.05) is 6.61 Å². The summed E-state index contributed by atoms with van der Waals surface area (Å²) in [7, 11) is 0. The average molecular weight is 379 g/mol. The fraction of sp³-hybridized carbons (Fsp3) is 0.913. The first-order valence-electron chi connectivity index (χ1n) is 11.2. The Kier molecular flexibility index (Phi) is 5.93. The van der Waals surface area contributed by atoms with Gasteiger partial charge in [-0.25, -0.2) is 4.79 Å². The van der Waals surface area contributed by atoms with Gasteiger partial charge in [0.2, 0.25) is 0 Å². The molecule has 154 valence electrons. The van der Waals surface area contributed by atoms with E-state index in [0.717, 1.165) is 25.2 Å². The van der Waals surface area contributed by atoms with Crippen molar-refractivity contribution < 1.29 is 19.1 Å². The van der Waals surface area contributed by atoms with Crippen molar-refractivity contribution in [3.05, 3.63) is 0 Å². The summed E-state index contributed by atoms with van der Waals surface area (Å²) in [5, 5.41) is 0. The second-order valence-corrected chi connectivity index (χ2v) is 9.91. The lowest BCUT2D eigenvalue weighted by Crippen LogP contribution is -2.65. The Bertz CT molecular complexity index is 549. The second-order valence-electron chi connectivity index (χ2n) is 9.91. The van der Waals surface area contributed by atoms with Crippen molar-refractivity contribution in [3.8, 4) is 0 Å². The largest absolute Gasteiger partial charge is 0.456 e. The minimum Gasteiger partial charge on any atom is -0.456 e. The summed E-state index contributed by atoms with van der Waals surface area (Å²) < 4.78 is 11.6. The number of carbonyl (C=O) groups excluding carboxylic acids is 2. The molecule has 0 radical (unpaired) electrons. The van der Waals surface area contributed by atoms with Crippen LogP contribution in [0.2, 0.25) is 0 Å². The molecular weight excluding hydrogens is 340 g/mol. The van der Waals surface area contributed by atoms with Crippen LogP contribution in [-0.2, 0) is 19.1 Å². The van der Waals surface area contributed by atoms with Gasteiger partial charge in [-0.05, 0) is 68.6 Å². The Morgan fingerprint density at radius 1 is 1.00 bits per heavy atom. The fourth-order valence-corrected chi connectivity index (χ4v) is 6.90. The second kappa shape index (κ2) is 7.75. The highest BCUT2D eigenvalue weighted by atomic mass is 16.6. The molecule has 0 aromatic heterocycles. The molecule has 4 saturated carbocycles. The van der Waals surface area contributed by atoms with E-state index in [9.17, 15) is 9.59 Å². The van der Waals surface area contributed by atoms with Gasteiger partial charge in [-0.15, -0.1) is 0 Å². The number of hydrogen-bond acceptors (Lipinski definition) is 4. The first-order valence-corrected chi connectivity index (χ1v) is 11.2. The van der Waals surface area contributed by atoms with E-state index in [1.54, 1.807) is 0 Å². The van der Waals surface area contributed by atoms with E-state index in [1.165, 1.54) is 32.1 Å². The average Bonchev–Trinajstić information content (AvgIpc) is 2.62. The van der Waals surface area contributed by atoms with E-state index in [-0.39, 0.29) is 30.1 Å². The van der Waals surface area contributed by atoms with E-state index in [2.05, 4.69) is 20.8 Å². The van der Waals surface area contributed by atoms with Gasteiger partial charge in [0.15, 0.2) is 6.61 Å². The van der Waals surface area contributed by atoms with Crippen LogP contribution in [0.5, 0.6) is 0 Å². The van der Waals surface area contributed by atoms with Crippen molar-refractivity contribution in [3.63, 3.8) is 0 Å². The van der Waals surface area contributed by atoms with E-state index < -0.39 is 0 Å². The van der Waals surface area contributed by atoms with Crippen LogP contribution in [0.25, 0.3) is 0 Å². The van der Waals surface area contributed by atoms with Crippen molar-refractivity contribution in [1.82, 2.24) is 0 Å². The zero-order valence-corrected chi connectivity index (χ0v) is 17.9. The Labute approximate surface area is 164 Å². The Morgan fingerprint density at radius 2 is 1.59 bits per heavy atom. The number of carbonyl (C=O) groups is 2. The summed E-state index contributed by atoms with van der Waals surface area (Å²) in [6, 6.07) is 0. The lowest BCUT2D eigenvalue weighted by molar-refractivity contribution is -0.245. The van der Waals surface area contributed by atoms with Crippen molar-refractivity contribution in [1.29, 1.82) is 0 Å². The van der Waals surface area contributed by atoms with Crippen LogP contribution in [0.15, 0.2) is 0 Å². The molecule has 0 spiro atoms. The third-order valence-electron chi connectivity index (χ3n) is 8.03. The van der Waals surface area contributed by atoms with Crippen molar-refractivity contribution in [2.45, 2.75) is 91.6 Å². The Balaban J connectivity index is 1.77. The highest BCUT2D eigenvalue weighted by molar-refractivity contribution is 5.77. The molecule has 4 rings (SSSR count). The topological polar surface area (TPSA) is 52.6 Å². The molecule has 27 heavy (non-hydrogen) atoms. The monoisotopic (exact) mass is 378 g/mol. The van der Waals surface area contributed by atoms with Gasteiger partial charge in [-0.2, -0.15) is 0 Å². The molecule has 0 aliphatic heterocycles. The maximum absolute atomic E-state index is 12.8. The van der Waals surface area contributed by atoms with Crippen LogP contribution in [0.4, 0.5) is 0 Å². The van der Waals surface area contributed by atoms with Crippen LogP contribution in [-0.4, -0.2) is 24.1 Å². The van der Waals surface area contributed by atoms with Gasteiger partial charge in [0, 0.05) is 11.8 Å². The highest BCUT2D eigenvalue weighted by Crippen LogP contribution is 2.66. The van der Waals surface area contributed by atoms with Gasteiger partial charge < -0.3 is 9.47 Å². The molecule has 0 saturated heterocycles. The standard InChI is InChI=1S/C23H38O4/c1-6-15(4)21(25)26-14-20(24)27-23(17(7-2)8-3)18-9-16-10-19(23)13-22(5,11-16)12-18/h15-19H,6-14H2,1-5H3. The highest BCUT2D eigenvalue weighted by Gasteiger charge is 2.64. The van der Waals surface area contributed by atoms with Gasteiger partial charge in [0.1, 0.15) is 5.60 Å². The van der Waals surface area contributed by atoms with E-state index in [0.29, 0.717) is 23.2 Å². The quantitative estimate of drug-likeness (QED) is 0.549. The zero-order valence-electron chi connectivity index (χ0n) is 17.9. The third kappa shape index (κ3) is 3.65. The van der Waals surface area contributed by atoms with Gasteiger partial charge in [0.05, 0.1) is 5.92 Å². The van der Waals surface area contributed by atoms with Crippen LogP contribution in [0, 0.1) is 35.0 Å². The van der Waals surface area contributed by atoms with Gasteiger partial charge in [-0.3, -0.25) is 4.79 Å². The summed E-state index contributed by atoms with van der Waals surface area (Å²) in [6.45, 7) is 10.4. The summed E-state index contributed by atoms with van der Waals surface area (Å²) in [5.41, 5.74) is 0.0846. The third-order valence-corrected chi connectivity index (χ3v) is 8.03. The van der Waals surface area contributed by atoms with Crippen LogP contribution in [0.3, 0.4) is 0 Å². The Hall–Kier alpha value is -1.06. The van der Waals surface area contributed by atoms with E-state index in [4.69, 9.17) is 9.47 Å². The molecule has 4 fully saturated rings. The molecule has 4 aliphatic carbocycles. The lowest BCUT2D eigenvalue weighted by atomic mass is 9.42. The predicted molar refractivity (Wildman–Crippen MR) is 105 cm³/mol. The van der Waals surface area contributed by atoms with Crippen LogP contribution < -0.4 is 0 Å². The van der Waals surface area contributed by atoms with Crippen molar-refractivity contribution >= 4 is 11.9 Å². The van der Waals surface area contributed by atoms with Crippen molar-refractivity contribution in [2.24, 2.45) is 35.0 Å². The summed E-state index contributed by atoms with van der Waals surface area (Å²) in [6.07, 6.45) is 8.88. The molecule has 4 bridgehead atoms. The minimum atomic E-state index is -0.351. The minimum absolute atomic E-state index is 0.174. The van der Waals surface area contributed by atoms with E-state index >= 15 is 0 Å². The smallest absolute Gasteiger partial charge is 0.344 e. The van der Waals surface area contributed by atoms with Gasteiger partial charge in [-0.1, -0.05) is 34.6 Å². The molecule has 0 amide bonds. The van der Waals surface area contributed by atoms with Crippen LogP contribution in [0.1, 0.15) is 86.0 Å². The molecule has 0 heterocycles. The first kappa shape index (κ1) is 20.7.